The molecule has 0 unspecified atom stereocenters. The zero-order valence-electron chi connectivity index (χ0n) is 9.24. The second-order valence-electron chi connectivity index (χ2n) is 3.43. The second-order valence-corrected chi connectivity index (χ2v) is 4.60. The summed E-state index contributed by atoms with van der Waals surface area (Å²) < 4.78 is 1.13. The molecule has 0 aliphatic heterocycles. The molecule has 0 saturated carbocycles. The minimum Gasteiger partial charge on any atom is -0.339 e. The first-order valence-corrected chi connectivity index (χ1v) is 6.11. The molecule has 0 bridgehead atoms. The number of para-hydroxylation sites is 1. The molecular weight excluding hydrogens is 329 g/mol. The molecule has 1 aromatic carbocycles. The van der Waals surface area contributed by atoms with Crippen molar-refractivity contribution in [3.05, 3.63) is 39.7 Å². The highest BCUT2D eigenvalue weighted by Gasteiger charge is 2.03. The van der Waals surface area contributed by atoms with Gasteiger partial charge in [0.2, 0.25) is 0 Å². The van der Waals surface area contributed by atoms with Crippen LogP contribution in [0.25, 0.3) is 0 Å². The zero-order chi connectivity index (χ0) is 12.3. The molecule has 0 fully saturated rings. The third-order valence-electron chi connectivity index (χ3n) is 2.12. The van der Waals surface area contributed by atoms with Crippen LogP contribution >= 0.6 is 22.6 Å². The summed E-state index contributed by atoms with van der Waals surface area (Å²) in [7, 11) is 0. The first-order valence-electron chi connectivity index (χ1n) is 5.03. The van der Waals surface area contributed by atoms with Crippen molar-refractivity contribution >= 4 is 39.9 Å². The summed E-state index contributed by atoms with van der Waals surface area (Å²) >= 11 is 2.27. The number of rotatable bonds is 3. The zero-order valence-corrected chi connectivity index (χ0v) is 11.4. The molecular formula is C11H12IN5. The van der Waals surface area contributed by atoms with E-state index >= 15 is 0 Å². The number of nitrogens with one attached hydrogen (secondary N) is 2. The maximum absolute atomic E-state index is 5.34. The van der Waals surface area contributed by atoms with Gasteiger partial charge in [-0.3, -0.25) is 0 Å². The molecule has 1 aromatic heterocycles. The number of aromatic nitrogens is 2. The summed E-state index contributed by atoms with van der Waals surface area (Å²) in [6.07, 6.45) is 0. The Balaban J connectivity index is 2.30. The number of anilines is 3. The largest absolute Gasteiger partial charge is 0.339 e. The number of benzene rings is 1. The second kappa shape index (κ2) is 5.28. The lowest BCUT2D eigenvalue weighted by molar-refractivity contribution is 1.05. The molecule has 0 aliphatic rings. The Morgan fingerprint density at radius 1 is 1.18 bits per heavy atom. The number of nitrogen functional groups attached to an aromatic ring is 1. The number of nitrogens with two attached hydrogens (primary N) is 1. The summed E-state index contributed by atoms with van der Waals surface area (Å²) in [5.74, 6) is 7.31. The van der Waals surface area contributed by atoms with E-state index in [0.29, 0.717) is 11.6 Å². The number of hydrogen-bond donors (Lipinski definition) is 3. The van der Waals surface area contributed by atoms with Crippen LogP contribution in [0, 0.1) is 10.5 Å². The highest BCUT2D eigenvalue weighted by atomic mass is 127. The molecule has 6 heteroatoms. The average molecular weight is 341 g/mol. The van der Waals surface area contributed by atoms with Crippen LogP contribution in [0.2, 0.25) is 0 Å². The van der Waals surface area contributed by atoms with E-state index in [1.807, 2.05) is 31.2 Å². The van der Waals surface area contributed by atoms with E-state index in [0.717, 1.165) is 15.1 Å². The normalized spacial score (nSPS) is 10.1. The van der Waals surface area contributed by atoms with Gasteiger partial charge >= 0.3 is 0 Å². The van der Waals surface area contributed by atoms with E-state index in [9.17, 15) is 0 Å². The molecule has 2 aromatic rings. The standard InChI is InChI=1S/C11H12IN5/c1-7-14-10(6-11(15-7)17-13)16-9-5-3-2-4-8(9)12/h2-6H,13H2,1H3,(H2,14,15,16,17). The average Bonchev–Trinajstić information content (AvgIpc) is 2.31. The maximum Gasteiger partial charge on any atom is 0.145 e. The SMILES string of the molecule is Cc1nc(NN)cc(Nc2ccccc2I)n1. The van der Waals surface area contributed by atoms with Gasteiger partial charge in [-0.05, 0) is 41.6 Å². The van der Waals surface area contributed by atoms with Gasteiger partial charge in [0.15, 0.2) is 0 Å². The van der Waals surface area contributed by atoms with Crippen LogP contribution < -0.4 is 16.6 Å². The molecule has 17 heavy (non-hydrogen) atoms. The van der Waals surface area contributed by atoms with Crippen LogP contribution in [0.3, 0.4) is 0 Å². The van der Waals surface area contributed by atoms with Crippen LogP contribution in [0.5, 0.6) is 0 Å². The summed E-state index contributed by atoms with van der Waals surface area (Å²) in [6.45, 7) is 1.82. The Labute approximate surface area is 113 Å². The number of hydrazine groups is 1. The fraction of sp³-hybridized carbons (Fsp3) is 0.0909. The van der Waals surface area contributed by atoms with Crippen LogP contribution in [-0.4, -0.2) is 9.97 Å². The van der Waals surface area contributed by atoms with Crippen molar-refractivity contribution < 1.29 is 0 Å². The van der Waals surface area contributed by atoms with E-state index in [4.69, 9.17) is 5.84 Å². The van der Waals surface area contributed by atoms with Crippen molar-refractivity contribution in [1.82, 2.24) is 9.97 Å². The fourth-order valence-electron chi connectivity index (χ4n) is 1.41. The van der Waals surface area contributed by atoms with Crippen LogP contribution in [0.4, 0.5) is 17.3 Å². The first kappa shape index (κ1) is 12.1. The monoisotopic (exact) mass is 341 g/mol. The molecule has 2 rings (SSSR count). The van der Waals surface area contributed by atoms with E-state index in [1.165, 1.54) is 0 Å². The number of nitrogens with zero attached hydrogens (tertiary/aromatic N) is 2. The minimum atomic E-state index is 0.589. The number of halogens is 1. The summed E-state index contributed by atoms with van der Waals surface area (Å²) in [4.78, 5) is 8.42. The van der Waals surface area contributed by atoms with Crippen molar-refractivity contribution in [1.29, 1.82) is 0 Å². The summed E-state index contributed by atoms with van der Waals surface area (Å²) in [5.41, 5.74) is 3.52. The minimum absolute atomic E-state index is 0.589. The lowest BCUT2D eigenvalue weighted by Gasteiger charge is -2.09. The van der Waals surface area contributed by atoms with E-state index in [1.54, 1.807) is 6.07 Å². The van der Waals surface area contributed by atoms with Gasteiger partial charge in [0.25, 0.3) is 0 Å². The predicted octanol–water partition coefficient (Wildman–Crippen LogP) is 2.42. The number of hydrogen-bond acceptors (Lipinski definition) is 5. The van der Waals surface area contributed by atoms with Crippen molar-refractivity contribution in [2.75, 3.05) is 10.7 Å². The van der Waals surface area contributed by atoms with E-state index < -0.39 is 0 Å². The maximum atomic E-state index is 5.34. The number of aryl methyl sites for hydroxylation is 1. The topological polar surface area (TPSA) is 75.9 Å². The smallest absolute Gasteiger partial charge is 0.145 e. The molecule has 0 aliphatic carbocycles. The molecule has 5 nitrogen and oxygen atoms in total. The van der Waals surface area contributed by atoms with Gasteiger partial charge in [0.05, 0.1) is 5.69 Å². The quantitative estimate of drug-likeness (QED) is 0.454. The van der Waals surface area contributed by atoms with Crippen molar-refractivity contribution in [2.45, 2.75) is 6.92 Å². The van der Waals surface area contributed by atoms with Crippen LogP contribution in [0.1, 0.15) is 5.82 Å². The van der Waals surface area contributed by atoms with Gasteiger partial charge in [-0.1, -0.05) is 12.1 Å². The van der Waals surface area contributed by atoms with E-state index in [2.05, 4.69) is 43.3 Å². The highest BCUT2D eigenvalue weighted by molar-refractivity contribution is 14.1. The molecule has 0 atom stereocenters. The van der Waals surface area contributed by atoms with Gasteiger partial charge < -0.3 is 10.7 Å². The molecule has 0 radical (unpaired) electrons. The Bertz CT molecular complexity index is 529. The van der Waals surface area contributed by atoms with Gasteiger partial charge in [0.1, 0.15) is 17.5 Å². The molecule has 88 valence electrons. The lowest BCUT2D eigenvalue weighted by Crippen LogP contribution is -2.10. The lowest BCUT2D eigenvalue weighted by atomic mass is 10.3. The first-order chi connectivity index (χ1) is 8.19. The van der Waals surface area contributed by atoms with Gasteiger partial charge in [-0.25, -0.2) is 15.8 Å². The fourth-order valence-corrected chi connectivity index (χ4v) is 1.93. The van der Waals surface area contributed by atoms with Gasteiger partial charge in [-0.2, -0.15) is 0 Å². The molecule has 0 spiro atoms. The summed E-state index contributed by atoms with van der Waals surface area (Å²) in [5, 5.41) is 3.23. The highest BCUT2D eigenvalue weighted by Crippen LogP contribution is 2.22. The van der Waals surface area contributed by atoms with Crippen LogP contribution in [0.15, 0.2) is 30.3 Å². The van der Waals surface area contributed by atoms with Crippen molar-refractivity contribution in [3.63, 3.8) is 0 Å². The predicted molar refractivity (Wildman–Crippen MR) is 77.0 cm³/mol. The Kier molecular flexibility index (Phi) is 3.75. The van der Waals surface area contributed by atoms with Crippen molar-refractivity contribution in [3.8, 4) is 0 Å². The third kappa shape index (κ3) is 3.04. The van der Waals surface area contributed by atoms with E-state index in [-0.39, 0.29) is 0 Å². The Morgan fingerprint density at radius 3 is 2.59 bits per heavy atom. The molecule has 0 saturated heterocycles. The van der Waals surface area contributed by atoms with Crippen LogP contribution in [-0.2, 0) is 0 Å². The van der Waals surface area contributed by atoms with Gasteiger partial charge in [-0.15, -0.1) is 0 Å². The third-order valence-corrected chi connectivity index (χ3v) is 3.06. The van der Waals surface area contributed by atoms with Gasteiger partial charge in [0, 0.05) is 9.64 Å². The van der Waals surface area contributed by atoms with Crippen molar-refractivity contribution in [2.24, 2.45) is 5.84 Å². The Hall–Kier alpha value is -1.41. The molecule has 1 heterocycles. The molecule has 0 amide bonds. The Morgan fingerprint density at radius 2 is 1.88 bits per heavy atom. The summed E-state index contributed by atoms with van der Waals surface area (Å²) in [6, 6.07) is 9.75. The molecule has 4 N–H and O–H groups in total.